The zero-order valence-electron chi connectivity index (χ0n) is 49.7. The molecular weight excluding hydrogens is 1030 g/mol. The van der Waals surface area contributed by atoms with Gasteiger partial charge in [0.1, 0.15) is 0 Å². The fraction of sp³-hybridized carbons (Fsp3) is 0.111. The first-order valence-electron chi connectivity index (χ1n) is 29.7. The van der Waals surface area contributed by atoms with Gasteiger partial charge in [-0.3, -0.25) is 0 Å². The molecule has 0 bridgehead atoms. The van der Waals surface area contributed by atoms with Crippen molar-refractivity contribution in [1.82, 2.24) is 0 Å². The highest BCUT2D eigenvalue weighted by Gasteiger charge is 2.53. The molecule has 0 radical (unpaired) electrons. The first-order valence-corrected chi connectivity index (χ1v) is 29.7. The number of benzene rings is 12. The van der Waals surface area contributed by atoms with Crippen molar-refractivity contribution in [3.05, 3.63) is 334 Å². The van der Waals surface area contributed by atoms with E-state index >= 15 is 0 Å². The second kappa shape index (κ2) is 21.2. The summed E-state index contributed by atoms with van der Waals surface area (Å²) < 4.78 is 0. The second-order valence-corrected chi connectivity index (χ2v) is 23.7. The normalized spacial score (nSPS) is 12.3. The molecule has 412 valence electrons. The van der Waals surface area contributed by atoms with Crippen LogP contribution in [0.2, 0.25) is 0 Å². The first kappa shape index (κ1) is 52.9. The van der Waals surface area contributed by atoms with Crippen LogP contribution in [-0.2, 0) is 5.41 Å². The van der Waals surface area contributed by atoms with Crippen molar-refractivity contribution >= 4 is 68.2 Å². The van der Waals surface area contributed by atoms with Gasteiger partial charge < -0.3 is 19.6 Å². The Morgan fingerprint density at radius 1 is 0.176 bits per heavy atom. The van der Waals surface area contributed by atoms with Crippen molar-refractivity contribution in [1.29, 1.82) is 0 Å². The van der Waals surface area contributed by atoms with E-state index in [1.54, 1.807) is 0 Å². The third-order valence-corrected chi connectivity index (χ3v) is 17.3. The van der Waals surface area contributed by atoms with Crippen molar-refractivity contribution in [3.8, 4) is 22.3 Å². The molecule has 14 rings (SSSR count). The zero-order valence-corrected chi connectivity index (χ0v) is 49.7. The maximum atomic E-state index is 2.54. The number of aryl methyl sites for hydroxylation is 8. The Morgan fingerprint density at radius 2 is 0.329 bits per heavy atom. The Balaban J connectivity index is 1.12. The highest BCUT2D eigenvalue weighted by Crippen LogP contribution is 2.65. The van der Waals surface area contributed by atoms with Crippen LogP contribution < -0.4 is 19.6 Å². The lowest BCUT2D eigenvalue weighted by Gasteiger charge is -2.35. The molecule has 0 N–H and O–H groups in total. The van der Waals surface area contributed by atoms with Gasteiger partial charge in [0.15, 0.2) is 0 Å². The van der Waals surface area contributed by atoms with Crippen LogP contribution in [0.5, 0.6) is 0 Å². The molecule has 0 atom stereocenters. The average Bonchev–Trinajstić information content (AvgIpc) is 1.57. The summed E-state index contributed by atoms with van der Waals surface area (Å²) in [6.07, 6.45) is 0. The third-order valence-electron chi connectivity index (χ3n) is 17.3. The molecule has 4 nitrogen and oxygen atoms in total. The van der Waals surface area contributed by atoms with Gasteiger partial charge in [-0.1, -0.05) is 121 Å². The summed E-state index contributed by atoms with van der Waals surface area (Å²) in [6.45, 7) is 17.5. The minimum atomic E-state index is -0.848. The Hall–Kier alpha value is -10.2. The molecule has 0 unspecified atom stereocenters. The number of fused-ring (bicyclic) bond motifs is 10. The fourth-order valence-corrected chi connectivity index (χ4v) is 13.7. The van der Waals surface area contributed by atoms with Crippen LogP contribution >= 0.6 is 0 Å². The SMILES string of the molecule is Cc1cccc(N(c2cccc(C)c2)c2ccc3c(c2)C2(c4cc(N(c5cccc(C)c5)c5cccc(C)c5)ccc4-3)c3cc(N(c4cccc(C)c4)c4cccc(C)c4)ccc3-c3ccc(N(c4cccc(C)c4)c4cccc(C)c4)cc32)c1. The minimum Gasteiger partial charge on any atom is -0.310 e. The summed E-state index contributed by atoms with van der Waals surface area (Å²) in [4.78, 5) is 9.82. The average molecular weight is 1100 g/mol. The minimum absolute atomic E-state index is 0.848. The van der Waals surface area contributed by atoms with Crippen molar-refractivity contribution in [3.63, 3.8) is 0 Å². The Morgan fingerprint density at radius 3 is 0.482 bits per heavy atom. The smallest absolute Gasteiger partial charge is 0.0728 e. The molecule has 0 amide bonds. The van der Waals surface area contributed by atoms with E-state index in [0.717, 1.165) is 68.2 Å². The maximum Gasteiger partial charge on any atom is 0.0728 e. The van der Waals surface area contributed by atoms with Gasteiger partial charge in [0.2, 0.25) is 0 Å². The lowest BCUT2D eigenvalue weighted by atomic mass is 9.70. The standard InChI is InChI=1S/C81H68N4/c1-53-17-9-25-61(41-53)82(62-26-10-18-54(2)42-62)69-33-37-73-74-38-34-70(83(63-27-11-19-55(3)43-63)64-28-12-20-56(4)44-64)50-78(74)81(77(73)49-69)79-51-71(84(65-29-13-21-57(5)45-65)66-30-14-22-58(6)46-66)35-39-75(79)76-40-36-72(52-80(76)81)85(67-31-15-23-59(7)47-67)68-32-16-24-60(8)48-68/h9-52H,1-8H3. The molecule has 0 heterocycles. The number of hydrogen-bond acceptors (Lipinski definition) is 4. The summed E-state index contributed by atoms with van der Waals surface area (Å²) >= 11 is 0. The van der Waals surface area contributed by atoms with Gasteiger partial charge >= 0.3 is 0 Å². The molecule has 0 aromatic heterocycles. The summed E-state index contributed by atoms with van der Waals surface area (Å²) in [7, 11) is 0. The summed E-state index contributed by atoms with van der Waals surface area (Å²) in [5.74, 6) is 0. The molecule has 4 heteroatoms. The van der Waals surface area contributed by atoms with Gasteiger partial charge in [-0.2, -0.15) is 0 Å². The second-order valence-electron chi connectivity index (χ2n) is 23.7. The number of anilines is 12. The third kappa shape index (κ3) is 9.35. The van der Waals surface area contributed by atoms with Crippen molar-refractivity contribution in [2.24, 2.45) is 0 Å². The van der Waals surface area contributed by atoms with E-state index in [9.17, 15) is 0 Å². The molecule has 85 heavy (non-hydrogen) atoms. The molecule has 0 saturated heterocycles. The van der Waals surface area contributed by atoms with Gasteiger partial charge in [-0.25, -0.2) is 0 Å². The van der Waals surface area contributed by atoms with Crippen molar-refractivity contribution in [2.45, 2.75) is 60.8 Å². The molecule has 12 aromatic rings. The van der Waals surface area contributed by atoms with Gasteiger partial charge in [-0.05, 0) is 290 Å². The van der Waals surface area contributed by atoms with Crippen molar-refractivity contribution < 1.29 is 0 Å². The van der Waals surface area contributed by atoms with E-state index in [2.05, 4.69) is 342 Å². The number of rotatable bonds is 12. The lowest BCUT2D eigenvalue weighted by Crippen LogP contribution is -2.27. The van der Waals surface area contributed by atoms with Crippen LogP contribution in [0.25, 0.3) is 22.3 Å². The van der Waals surface area contributed by atoms with Crippen LogP contribution in [0.15, 0.2) is 267 Å². The molecule has 1 spiro atoms. The monoisotopic (exact) mass is 1100 g/mol. The van der Waals surface area contributed by atoms with Gasteiger partial charge in [-0.15, -0.1) is 0 Å². The lowest BCUT2D eigenvalue weighted by molar-refractivity contribution is 0.793. The Bertz CT molecular complexity index is 3820. The number of nitrogens with zero attached hydrogens (tertiary/aromatic N) is 4. The zero-order chi connectivity index (χ0) is 58.1. The van der Waals surface area contributed by atoms with E-state index in [1.165, 1.54) is 89.0 Å². The molecule has 0 saturated carbocycles. The largest absolute Gasteiger partial charge is 0.310 e. The molecule has 2 aliphatic carbocycles. The highest BCUT2D eigenvalue weighted by molar-refractivity contribution is 6.00. The van der Waals surface area contributed by atoms with Crippen LogP contribution in [0.3, 0.4) is 0 Å². The highest BCUT2D eigenvalue weighted by atomic mass is 15.2. The van der Waals surface area contributed by atoms with Crippen LogP contribution in [0, 0.1) is 55.4 Å². The molecule has 0 aliphatic heterocycles. The molecule has 12 aromatic carbocycles. The van der Waals surface area contributed by atoms with E-state index in [-0.39, 0.29) is 0 Å². The predicted octanol–water partition coefficient (Wildman–Crippen LogP) is 22.4. The first-order chi connectivity index (χ1) is 41.4. The van der Waals surface area contributed by atoms with Gasteiger partial charge in [0, 0.05) is 68.2 Å². The Kier molecular flexibility index (Phi) is 13.2. The van der Waals surface area contributed by atoms with Gasteiger partial charge in [0.05, 0.1) is 5.41 Å². The summed E-state index contributed by atoms with van der Waals surface area (Å²) in [5.41, 5.74) is 31.9. The molecular formula is C81H68N4. The van der Waals surface area contributed by atoms with Crippen molar-refractivity contribution in [2.75, 3.05) is 19.6 Å². The molecule has 2 aliphatic rings. The van der Waals surface area contributed by atoms with Crippen LogP contribution in [-0.4, -0.2) is 0 Å². The summed E-state index contributed by atoms with van der Waals surface area (Å²) in [6, 6.07) is 101. The predicted molar refractivity (Wildman–Crippen MR) is 359 cm³/mol. The topological polar surface area (TPSA) is 13.0 Å². The fourth-order valence-electron chi connectivity index (χ4n) is 13.7. The van der Waals surface area contributed by atoms with Crippen LogP contribution in [0.4, 0.5) is 68.2 Å². The van der Waals surface area contributed by atoms with Gasteiger partial charge in [0.25, 0.3) is 0 Å². The summed E-state index contributed by atoms with van der Waals surface area (Å²) in [5, 5.41) is 0. The van der Waals surface area contributed by atoms with E-state index in [1.807, 2.05) is 0 Å². The maximum absolute atomic E-state index is 2.54. The molecule has 0 fully saturated rings. The Labute approximate surface area is 501 Å². The van der Waals surface area contributed by atoms with E-state index in [0.29, 0.717) is 0 Å². The van der Waals surface area contributed by atoms with Crippen LogP contribution in [0.1, 0.15) is 66.8 Å². The van der Waals surface area contributed by atoms with E-state index < -0.39 is 5.41 Å². The van der Waals surface area contributed by atoms with E-state index in [4.69, 9.17) is 0 Å². The quantitative estimate of drug-likeness (QED) is 0.121. The number of hydrogen-bond donors (Lipinski definition) is 0.